The normalized spacial score (nSPS) is 11.4. The highest BCUT2D eigenvalue weighted by Gasteiger charge is 2.19. The third-order valence-electron chi connectivity index (χ3n) is 2.02. The number of rotatable bonds is 6. The van der Waals surface area contributed by atoms with Gasteiger partial charge in [-0.15, -0.1) is 0 Å². The van der Waals surface area contributed by atoms with Crippen LogP contribution >= 0.6 is 27.5 Å². The lowest BCUT2D eigenvalue weighted by Crippen LogP contribution is -2.25. The topological polar surface area (TPSA) is 89.3 Å². The van der Waals surface area contributed by atoms with Crippen LogP contribution in [0.3, 0.4) is 0 Å². The summed E-state index contributed by atoms with van der Waals surface area (Å²) in [5.74, 6) is 0. The van der Waals surface area contributed by atoms with Gasteiger partial charge in [-0.05, 0) is 12.5 Å². The first kappa shape index (κ1) is 15.4. The quantitative estimate of drug-likeness (QED) is 0.366. The summed E-state index contributed by atoms with van der Waals surface area (Å²) in [6.45, 7) is 0.265. The van der Waals surface area contributed by atoms with Gasteiger partial charge in [-0.2, -0.15) is 0 Å². The minimum absolute atomic E-state index is 0.163. The van der Waals surface area contributed by atoms with Crippen LogP contribution < -0.4 is 4.72 Å². The molecule has 18 heavy (non-hydrogen) atoms. The van der Waals surface area contributed by atoms with Crippen molar-refractivity contribution in [2.75, 3.05) is 11.9 Å². The number of alkyl halides is 1. The van der Waals surface area contributed by atoms with Gasteiger partial charge in [0.1, 0.15) is 4.90 Å². The molecule has 9 heteroatoms. The molecule has 1 N–H and O–H groups in total. The maximum absolute atomic E-state index is 11.8. The number of nitrogens with one attached hydrogen (secondary N) is 1. The Kier molecular flexibility index (Phi) is 5.51. The van der Waals surface area contributed by atoms with E-state index in [1.807, 2.05) is 0 Å². The number of benzene rings is 1. The zero-order chi connectivity index (χ0) is 13.8. The van der Waals surface area contributed by atoms with E-state index in [1.165, 1.54) is 0 Å². The van der Waals surface area contributed by atoms with E-state index in [0.29, 0.717) is 11.8 Å². The van der Waals surface area contributed by atoms with Gasteiger partial charge in [0.05, 0.1) is 9.95 Å². The van der Waals surface area contributed by atoms with E-state index in [-0.39, 0.29) is 22.2 Å². The molecule has 1 rings (SSSR count). The molecule has 0 aliphatic heterocycles. The molecular formula is C9H10BrClN2O4S. The predicted molar refractivity (Wildman–Crippen MR) is 71.7 cm³/mol. The van der Waals surface area contributed by atoms with Crippen molar-refractivity contribution in [3.63, 3.8) is 0 Å². The van der Waals surface area contributed by atoms with Gasteiger partial charge < -0.3 is 0 Å². The van der Waals surface area contributed by atoms with Gasteiger partial charge in [0, 0.05) is 24.0 Å². The van der Waals surface area contributed by atoms with Gasteiger partial charge in [-0.1, -0.05) is 27.5 Å². The standard InChI is InChI=1S/C9H10BrClN2O4S/c10-4-1-5-12-18(16,17)9-3-2-7(13(14)15)6-8(9)11/h2-3,6,12H,1,4-5H2. The van der Waals surface area contributed by atoms with E-state index in [9.17, 15) is 18.5 Å². The minimum Gasteiger partial charge on any atom is -0.258 e. The van der Waals surface area contributed by atoms with Crippen LogP contribution in [-0.4, -0.2) is 25.2 Å². The Labute approximate surface area is 118 Å². The zero-order valence-electron chi connectivity index (χ0n) is 9.10. The molecule has 6 nitrogen and oxygen atoms in total. The van der Waals surface area contributed by atoms with E-state index in [2.05, 4.69) is 20.7 Å². The van der Waals surface area contributed by atoms with Crippen molar-refractivity contribution in [1.29, 1.82) is 0 Å². The number of sulfonamides is 1. The molecule has 100 valence electrons. The highest BCUT2D eigenvalue weighted by atomic mass is 79.9. The first-order chi connectivity index (χ1) is 8.38. The van der Waals surface area contributed by atoms with E-state index in [0.717, 1.165) is 18.2 Å². The fraction of sp³-hybridized carbons (Fsp3) is 0.333. The molecule has 0 fully saturated rings. The summed E-state index contributed by atoms with van der Waals surface area (Å²) in [4.78, 5) is 9.70. The number of halogens is 2. The van der Waals surface area contributed by atoms with Crippen LogP contribution in [0.4, 0.5) is 5.69 Å². The van der Waals surface area contributed by atoms with Gasteiger partial charge in [-0.25, -0.2) is 13.1 Å². The van der Waals surface area contributed by atoms with Crippen LogP contribution in [0.2, 0.25) is 5.02 Å². The molecule has 0 bridgehead atoms. The molecule has 0 atom stereocenters. The van der Waals surface area contributed by atoms with Crippen LogP contribution in [-0.2, 0) is 10.0 Å². The average molecular weight is 358 g/mol. The number of nitro benzene ring substituents is 1. The molecule has 0 aromatic heterocycles. The van der Waals surface area contributed by atoms with Crippen molar-refractivity contribution in [2.24, 2.45) is 0 Å². The molecule has 0 unspecified atom stereocenters. The molecule has 0 aliphatic rings. The number of hydrogen-bond donors (Lipinski definition) is 1. The molecule has 1 aromatic rings. The Bertz CT molecular complexity index is 549. The van der Waals surface area contributed by atoms with E-state index < -0.39 is 14.9 Å². The number of nitrogens with zero attached hydrogens (tertiary/aromatic N) is 1. The molecule has 0 radical (unpaired) electrons. The van der Waals surface area contributed by atoms with E-state index >= 15 is 0 Å². The largest absolute Gasteiger partial charge is 0.271 e. The number of non-ortho nitro benzene ring substituents is 1. The predicted octanol–water partition coefficient (Wildman–Crippen LogP) is 2.31. The van der Waals surface area contributed by atoms with Crippen LogP contribution in [0, 0.1) is 10.1 Å². The molecule has 0 aliphatic carbocycles. The fourth-order valence-corrected chi connectivity index (χ4v) is 3.06. The molecule has 0 saturated carbocycles. The van der Waals surface area contributed by atoms with Crippen molar-refractivity contribution in [3.8, 4) is 0 Å². The highest BCUT2D eigenvalue weighted by molar-refractivity contribution is 9.09. The molecular weight excluding hydrogens is 348 g/mol. The van der Waals surface area contributed by atoms with Crippen LogP contribution in [0.15, 0.2) is 23.1 Å². The van der Waals surface area contributed by atoms with Crippen molar-refractivity contribution in [1.82, 2.24) is 4.72 Å². The van der Waals surface area contributed by atoms with Crippen LogP contribution in [0.5, 0.6) is 0 Å². The van der Waals surface area contributed by atoms with Crippen molar-refractivity contribution < 1.29 is 13.3 Å². The summed E-state index contributed by atoms with van der Waals surface area (Å²) < 4.78 is 26.0. The molecule has 0 spiro atoms. The van der Waals surface area contributed by atoms with Crippen molar-refractivity contribution >= 4 is 43.2 Å². The van der Waals surface area contributed by atoms with Gasteiger partial charge in [-0.3, -0.25) is 10.1 Å². The van der Waals surface area contributed by atoms with Gasteiger partial charge in [0.2, 0.25) is 10.0 Å². The molecule has 0 heterocycles. The maximum Gasteiger partial charge on any atom is 0.271 e. The minimum atomic E-state index is -3.73. The Morgan fingerprint density at radius 2 is 2.11 bits per heavy atom. The highest BCUT2D eigenvalue weighted by Crippen LogP contribution is 2.25. The van der Waals surface area contributed by atoms with Gasteiger partial charge >= 0.3 is 0 Å². The third kappa shape index (κ3) is 3.91. The smallest absolute Gasteiger partial charge is 0.258 e. The number of nitro groups is 1. The lowest BCUT2D eigenvalue weighted by atomic mass is 10.3. The summed E-state index contributed by atoms with van der Waals surface area (Å²) in [6.07, 6.45) is 0.629. The second-order valence-electron chi connectivity index (χ2n) is 3.31. The van der Waals surface area contributed by atoms with Crippen molar-refractivity contribution in [3.05, 3.63) is 33.3 Å². The molecule has 1 aromatic carbocycles. The zero-order valence-corrected chi connectivity index (χ0v) is 12.3. The Morgan fingerprint density at radius 1 is 1.44 bits per heavy atom. The monoisotopic (exact) mass is 356 g/mol. The SMILES string of the molecule is O=[N+]([O-])c1ccc(S(=O)(=O)NCCCBr)c(Cl)c1. The third-order valence-corrected chi connectivity index (χ3v) is 4.52. The summed E-state index contributed by atoms with van der Waals surface area (Å²) >= 11 is 8.92. The molecule has 0 saturated heterocycles. The fourth-order valence-electron chi connectivity index (χ4n) is 1.17. The van der Waals surface area contributed by atoms with Crippen LogP contribution in [0.25, 0.3) is 0 Å². The maximum atomic E-state index is 11.8. The number of hydrogen-bond acceptors (Lipinski definition) is 4. The summed E-state index contributed by atoms with van der Waals surface area (Å²) in [5, 5.41) is 11.0. The van der Waals surface area contributed by atoms with E-state index in [4.69, 9.17) is 11.6 Å². The first-order valence-electron chi connectivity index (χ1n) is 4.88. The second-order valence-corrected chi connectivity index (χ2v) is 6.25. The Morgan fingerprint density at radius 3 is 2.61 bits per heavy atom. The lowest BCUT2D eigenvalue weighted by Gasteiger charge is -2.07. The Balaban J connectivity index is 2.99. The first-order valence-corrected chi connectivity index (χ1v) is 7.86. The van der Waals surface area contributed by atoms with Gasteiger partial charge in [0.25, 0.3) is 5.69 Å². The average Bonchev–Trinajstić information content (AvgIpc) is 2.28. The summed E-state index contributed by atoms with van der Waals surface area (Å²) in [6, 6.07) is 3.24. The van der Waals surface area contributed by atoms with Crippen molar-refractivity contribution in [2.45, 2.75) is 11.3 Å². The molecule has 0 amide bonds. The summed E-state index contributed by atoms with van der Waals surface area (Å²) in [7, 11) is -3.73. The van der Waals surface area contributed by atoms with E-state index in [1.54, 1.807) is 0 Å². The second kappa shape index (κ2) is 6.46. The lowest BCUT2D eigenvalue weighted by molar-refractivity contribution is -0.384. The Hall–Kier alpha value is -0.700. The van der Waals surface area contributed by atoms with Gasteiger partial charge in [0.15, 0.2) is 0 Å². The summed E-state index contributed by atoms with van der Waals surface area (Å²) in [5.41, 5.74) is -0.251. The van der Waals surface area contributed by atoms with Crippen LogP contribution in [0.1, 0.15) is 6.42 Å².